The van der Waals surface area contributed by atoms with E-state index in [1.807, 2.05) is 32.0 Å². The van der Waals surface area contributed by atoms with Gasteiger partial charge < -0.3 is 15.5 Å². The zero-order valence-electron chi connectivity index (χ0n) is 10.5. The molecular formula is C14H16N2O2. The van der Waals surface area contributed by atoms with Crippen molar-refractivity contribution in [1.29, 1.82) is 0 Å². The van der Waals surface area contributed by atoms with Crippen LogP contribution in [0.2, 0.25) is 0 Å². The standard InChI is InChI=1S/C14H16N2O2/c1-9-3-6-12(13(15)7-9)14(17)16-8-11-5-4-10(2)18-11/h3-7H,8,15H2,1-2H3,(H,16,17). The Morgan fingerprint density at radius 3 is 2.67 bits per heavy atom. The molecule has 0 aliphatic heterocycles. The summed E-state index contributed by atoms with van der Waals surface area (Å²) in [5.41, 5.74) is 7.82. The van der Waals surface area contributed by atoms with Crippen molar-refractivity contribution in [3.63, 3.8) is 0 Å². The Bertz CT molecular complexity index is 573. The van der Waals surface area contributed by atoms with Crippen molar-refractivity contribution in [3.8, 4) is 0 Å². The lowest BCUT2D eigenvalue weighted by atomic mass is 10.1. The van der Waals surface area contributed by atoms with Crippen LogP contribution >= 0.6 is 0 Å². The van der Waals surface area contributed by atoms with Gasteiger partial charge in [-0.15, -0.1) is 0 Å². The molecule has 18 heavy (non-hydrogen) atoms. The SMILES string of the molecule is Cc1ccc(C(=O)NCc2ccc(C)o2)c(N)c1. The van der Waals surface area contributed by atoms with Gasteiger partial charge in [-0.25, -0.2) is 0 Å². The Morgan fingerprint density at radius 2 is 2.06 bits per heavy atom. The maximum absolute atomic E-state index is 11.9. The van der Waals surface area contributed by atoms with Crippen LogP contribution in [0.4, 0.5) is 5.69 Å². The highest BCUT2D eigenvalue weighted by atomic mass is 16.3. The minimum absolute atomic E-state index is 0.193. The number of anilines is 1. The van der Waals surface area contributed by atoms with Gasteiger partial charge in [-0.1, -0.05) is 6.07 Å². The van der Waals surface area contributed by atoms with Gasteiger partial charge in [0.25, 0.3) is 5.91 Å². The molecule has 0 bridgehead atoms. The summed E-state index contributed by atoms with van der Waals surface area (Å²) >= 11 is 0. The lowest BCUT2D eigenvalue weighted by Crippen LogP contribution is -2.23. The van der Waals surface area contributed by atoms with E-state index in [2.05, 4.69) is 5.32 Å². The van der Waals surface area contributed by atoms with Gasteiger partial charge in [0, 0.05) is 5.69 Å². The second-order valence-electron chi connectivity index (χ2n) is 4.29. The first-order chi connectivity index (χ1) is 8.56. The molecule has 0 saturated carbocycles. The Hall–Kier alpha value is -2.23. The van der Waals surface area contributed by atoms with E-state index in [-0.39, 0.29) is 5.91 Å². The average Bonchev–Trinajstić information content (AvgIpc) is 2.72. The molecule has 0 fully saturated rings. The molecular weight excluding hydrogens is 228 g/mol. The third-order valence-corrected chi connectivity index (χ3v) is 2.67. The Labute approximate surface area is 106 Å². The lowest BCUT2D eigenvalue weighted by molar-refractivity contribution is 0.0949. The number of amides is 1. The molecule has 94 valence electrons. The number of carbonyl (C=O) groups is 1. The van der Waals surface area contributed by atoms with Gasteiger partial charge in [0.1, 0.15) is 11.5 Å². The fraction of sp³-hybridized carbons (Fsp3) is 0.214. The number of benzene rings is 1. The van der Waals surface area contributed by atoms with Crippen LogP contribution in [0, 0.1) is 13.8 Å². The molecule has 3 N–H and O–H groups in total. The number of aryl methyl sites for hydroxylation is 2. The molecule has 4 heteroatoms. The number of nitrogens with one attached hydrogen (secondary N) is 1. The van der Waals surface area contributed by atoms with Gasteiger partial charge >= 0.3 is 0 Å². The van der Waals surface area contributed by atoms with Crippen LogP contribution in [0.1, 0.15) is 27.4 Å². The van der Waals surface area contributed by atoms with Gasteiger partial charge in [0.2, 0.25) is 0 Å². The van der Waals surface area contributed by atoms with Gasteiger partial charge in [-0.3, -0.25) is 4.79 Å². The van der Waals surface area contributed by atoms with E-state index in [1.165, 1.54) is 0 Å². The van der Waals surface area contributed by atoms with E-state index >= 15 is 0 Å². The van der Waals surface area contributed by atoms with Crippen molar-refractivity contribution >= 4 is 11.6 Å². The Morgan fingerprint density at radius 1 is 1.28 bits per heavy atom. The van der Waals surface area contributed by atoms with Crippen LogP contribution < -0.4 is 11.1 Å². The second-order valence-corrected chi connectivity index (χ2v) is 4.29. The third-order valence-electron chi connectivity index (χ3n) is 2.67. The van der Waals surface area contributed by atoms with Crippen molar-refractivity contribution in [2.75, 3.05) is 5.73 Å². The first kappa shape index (κ1) is 12.2. The third kappa shape index (κ3) is 2.71. The van der Waals surface area contributed by atoms with Gasteiger partial charge in [0.15, 0.2) is 0 Å². The molecule has 0 saturated heterocycles. The van der Waals surface area contributed by atoms with E-state index in [0.717, 1.165) is 17.1 Å². The summed E-state index contributed by atoms with van der Waals surface area (Å²) in [6, 6.07) is 9.08. The molecule has 1 aromatic heterocycles. The molecule has 0 radical (unpaired) electrons. The largest absolute Gasteiger partial charge is 0.465 e. The molecule has 1 aromatic carbocycles. The summed E-state index contributed by atoms with van der Waals surface area (Å²) in [5, 5.41) is 2.78. The predicted octanol–water partition coefficient (Wildman–Crippen LogP) is 2.41. The highest BCUT2D eigenvalue weighted by Gasteiger charge is 2.09. The Balaban J connectivity index is 2.03. The molecule has 2 aromatic rings. The van der Waals surface area contributed by atoms with Crippen molar-refractivity contribution < 1.29 is 9.21 Å². The minimum Gasteiger partial charge on any atom is -0.465 e. The summed E-state index contributed by atoms with van der Waals surface area (Å²) in [7, 11) is 0. The highest BCUT2D eigenvalue weighted by molar-refractivity contribution is 5.99. The number of nitrogens with two attached hydrogens (primary N) is 1. The van der Waals surface area contributed by atoms with E-state index in [4.69, 9.17) is 10.2 Å². The van der Waals surface area contributed by atoms with Crippen molar-refractivity contribution in [1.82, 2.24) is 5.32 Å². The average molecular weight is 244 g/mol. The molecule has 0 unspecified atom stereocenters. The molecule has 0 aliphatic rings. The number of hydrogen-bond donors (Lipinski definition) is 2. The quantitative estimate of drug-likeness (QED) is 0.815. The van der Waals surface area contributed by atoms with Crippen molar-refractivity contribution in [3.05, 3.63) is 53.0 Å². The van der Waals surface area contributed by atoms with Crippen molar-refractivity contribution in [2.24, 2.45) is 0 Å². The number of carbonyl (C=O) groups excluding carboxylic acids is 1. The second kappa shape index (κ2) is 4.96. The van der Waals surface area contributed by atoms with Crippen LogP contribution in [-0.2, 0) is 6.54 Å². The topological polar surface area (TPSA) is 68.3 Å². The fourth-order valence-corrected chi connectivity index (χ4v) is 1.73. The molecule has 4 nitrogen and oxygen atoms in total. The van der Waals surface area contributed by atoms with Crippen LogP contribution in [0.15, 0.2) is 34.7 Å². The number of nitrogen functional groups attached to an aromatic ring is 1. The Kier molecular flexibility index (Phi) is 3.37. The van der Waals surface area contributed by atoms with Crippen LogP contribution in [0.25, 0.3) is 0 Å². The normalized spacial score (nSPS) is 10.3. The summed E-state index contributed by atoms with van der Waals surface area (Å²) < 4.78 is 5.37. The molecule has 0 aliphatic carbocycles. The zero-order chi connectivity index (χ0) is 13.1. The van der Waals surface area contributed by atoms with Gasteiger partial charge in [0.05, 0.1) is 12.1 Å². The lowest BCUT2D eigenvalue weighted by Gasteiger charge is -2.07. The van der Waals surface area contributed by atoms with E-state index in [9.17, 15) is 4.79 Å². The molecule has 1 heterocycles. The summed E-state index contributed by atoms with van der Waals surface area (Å²) in [6.07, 6.45) is 0. The summed E-state index contributed by atoms with van der Waals surface area (Å²) in [4.78, 5) is 11.9. The maximum Gasteiger partial charge on any atom is 0.253 e. The minimum atomic E-state index is -0.193. The number of furan rings is 1. The fourth-order valence-electron chi connectivity index (χ4n) is 1.73. The molecule has 0 atom stereocenters. The monoisotopic (exact) mass is 244 g/mol. The zero-order valence-corrected chi connectivity index (χ0v) is 10.5. The van der Waals surface area contributed by atoms with Gasteiger partial charge in [-0.2, -0.15) is 0 Å². The van der Waals surface area contributed by atoms with Crippen molar-refractivity contribution in [2.45, 2.75) is 20.4 Å². The molecule has 0 spiro atoms. The van der Waals surface area contributed by atoms with E-state index in [1.54, 1.807) is 12.1 Å². The first-order valence-corrected chi connectivity index (χ1v) is 5.76. The number of rotatable bonds is 3. The van der Waals surface area contributed by atoms with Gasteiger partial charge in [-0.05, 0) is 43.7 Å². The molecule has 2 rings (SSSR count). The summed E-state index contributed by atoms with van der Waals surface area (Å²) in [6.45, 7) is 4.16. The summed E-state index contributed by atoms with van der Waals surface area (Å²) in [5.74, 6) is 1.36. The highest BCUT2D eigenvalue weighted by Crippen LogP contribution is 2.14. The van der Waals surface area contributed by atoms with E-state index in [0.29, 0.717) is 17.8 Å². The van der Waals surface area contributed by atoms with Crippen LogP contribution in [-0.4, -0.2) is 5.91 Å². The predicted molar refractivity (Wildman–Crippen MR) is 70.2 cm³/mol. The smallest absolute Gasteiger partial charge is 0.253 e. The molecule has 1 amide bonds. The van der Waals surface area contributed by atoms with Crippen LogP contribution in [0.3, 0.4) is 0 Å². The first-order valence-electron chi connectivity index (χ1n) is 5.76. The van der Waals surface area contributed by atoms with Crippen LogP contribution in [0.5, 0.6) is 0 Å². The number of hydrogen-bond acceptors (Lipinski definition) is 3. The van der Waals surface area contributed by atoms with E-state index < -0.39 is 0 Å². The maximum atomic E-state index is 11.9.